The lowest BCUT2D eigenvalue weighted by molar-refractivity contribution is -0.132. The molecule has 140 valence electrons. The first kappa shape index (κ1) is 19.7. The van der Waals surface area contributed by atoms with Crippen LogP contribution in [0.25, 0.3) is 0 Å². The predicted octanol–water partition coefficient (Wildman–Crippen LogP) is 1.09. The molecule has 1 amide bonds. The van der Waals surface area contributed by atoms with Crippen molar-refractivity contribution in [3.63, 3.8) is 0 Å². The maximum atomic E-state index is 13.7. The number of carbonyl (C=O) groups is 1. The van der Waals surface area contributed by atoms with Gasteiger partial charge in [-0.15, -0.1) is 0 Å². The van der Waals surface area contributed by atoms with Crippen LogP contribution in [0.5, 0.6) is 0 Å². The quantitative estimate of drug-likeness (QED) is 0.776. The molecule has 1 aliphatic heterocycles. The first-order valence-corrected chi connectivity index (χ1v) is 9.48. The van der Waals surface area contributed by atoms with Gasteiger partial charge < -0.3 is 4.90 Å². The van der Waals surface area contributed by atoms with Crippen LogP contribution in [0.4, 0.5) is 8.78 Å². The van der Waals surface area contributed by atoms with E-state index in [-0.39, 0.29) is 44.1 Å². The highest BCUT2D eigenvalue weighted by atomic mass is 32.2. The van der Waals surface area contributed by atoms with Gasteiger partial charge in [0.25, 0.3) is 10.2 Å². The average molecular weight is 375 g/mol. The maximum Gasteiger partial charge on any atom is 0.279 e. The van der Waals surface area contributed by atoms with Crippen molar-refractivity contribution in [1.82, 2.24) is 13.9 Å². The number of benzene rings is 1. The van der Waals surface area contributed by atoms with E-state index in [0.717, 1.165) is 4.31 Å². The molecule has 6 nitrogen and oxygen atoms in total. The van der Waals surface area contributed by atoms with E-state index in [1.165, 1.54) is 25.1 Å². The van der Waals surface area contributed by atoms with E-state index in [1.54, 1.807) is 18.2 Å². The average Bonchev–Trinajstić information content (AvgIpc) is 2.93. The molecule has 0 radical (unpaired) electrons. The number of rotatable bonds is 7. The summed E-state index contributed by atoms with van der Waals surface area (Å²) in [6.45, 7) is -0.114. The predicted molar refractivity (Wildman–Crippen MR) is 90.3 cm³/mol. The van der Waals surface area contributed by atoms with Gasteiger partial charge in [-0.3, -0.25) is 4.79 Å². The van der Waals surface area contributed by atoms with Crippen LogP contribution < -0.4 is 4.72 Å². The highest BCUT2D eigenvalue weighted by Crippen LogP contribution is 2.22. The molecule has 0 spiro atoms. The fourth-order valence-corrected chi connectivity index (χ4v) is 3.44. The van der Waals surface area contributed by atoms with Crippen molar-refractivity contribution in [3.8, 4) is 0 Å². The van der Waals surface area contributed by atoms with Crippen LogP contribution in [0.15, 0.2) is 24.3 Å². The van der Waals surface area contributed by atoms with Gasteiger partial charge in [-0.05, 0) is 18.1 Å². The first-order chi connectivity index (χ1) is 11.7. The van der Waals surface area contributed by atoms with Crippen LogP contribution in [0, 0.1) is 5.82 Å². The molecule has 1 aromatic rings. The monoisotopic (exact) mass is 375 g/mol. The lowest BCUT2D eigenvalue weighted by Crippen LogP contribution is -2.45. The number of alkyl halides is 1. The fourth-order valence-electron chi connectivity index (χ4n) is 2.78. The Hall–Kier alpha value is -1.58. The molecule has 25 heavy (non-hydrogen) atoms. The van der Waals surface area contributed by atoms with Crippen molar-refractivity contribution in [2.75, 3.05) is 27.2 Å². The van der Waals surface area contributed by atoms with Gasteiger partial charge in [0.05, 0.1) is 6.54 Å². The molecule has 0 aliphatic carbocycles. The third-order valence-electron chi connectivity index (χ3n) is 4.23. The summed E-state index contributed by atoms with van der Waals surface area (Å²) in [5.41, 5.74) is 0.428. The Morgan fingerprint density at radius 2 is 2.04 bits per heavy atom. The lowest BCUT2D eigenvalue weighted by atomic mass is 10.1. The van der Waals surface area contributed by atoms with Crippen molar-refractivity contribution < 1.29 is 22.0 Å². The molecular weight excluding hydrogens is 352 g/mol. The number of hydrogen-bond acceptors (Lipinski definition) is 3. The minimum atomic E-state index is -3.64. The van der Waals surface area contributed by atoms with Gasteiger partial charge in [0.2, 0.25) is 5.91 Å². The molecule has 1 N–H and O–H groups in total. The molecule has 1 saturated heterocycles. The third-order valence-corrected chi connectivity index (χ3v) is 5.72. The number of likely N-dealkylation sites (tertiary alicyclic amines) is 1. The molecule has 1 fully saturated rings. The second-order valence-corrected chi connectivity index (χ2v) is 8.23. The van der Waals surface area contributed by atoms with E-state index in [1.807, 2.05) is 0 Å². The number of carbonyl (C=O) groups excluding carboxylic acids is 1. The van der Waals surface area contributed by atoms with Gasteiger partial charge in [0.15, 0.2) is 0 Å². The molecule has 0 aromatic heterocycles. The topological polar surface area (TPSA) is 69.7 Å². The first-order valence-electron chi connectivity index (χ1n) is 8.04. The summed E-state index contributed by atoms with van der Waals surface area (Å²) < 4.78 is 54.3. The Kier molecular flexibility index (Phi) is 6.47. The Morgan fingerprint density at radius 1 is 1.36 bits per heavy atom. The summed E-state index contributed by atoms with van der Waals surface area (Å²) in [7, 11) is -0.877. The van der Waals surface area contributed by atoms with Crippen LogP contribution >= 0.6 is 0 Å². The van der Waals surface area contributed by atoms with Crippen LogP contribution in [0.3, 0.4) is 0 Å². The molecule has 2 atom stereocenters. The number of aryl methyl sites for hydroxylation is 1. The summed E-state index contributed by atoms with van der Waals surface area (Å²) >= 11 is 0. The van der Waals surface area contributed by atoms with Gasteiger partial charge >= 0.3 is 0 Å². The number of hydrogen-bond donors (Lipinski definition) is 1. The van der Waals surface area contributed by atoms with E-state index < -0.39 is 22.4 Å². The van der Waals surface area contributed by atoms with Crippen molar-refractivity contribution >= 4 is 16.1 Å². The molecule has 1 aromatic carbocycles. The number of nitrogens with zero attached hydrogens (tertiary/aromatic N) is 2. The summed E-state index contributed by atoms with van der Waals surface area (Å²) in [6, 6.07) is 5.65. The van der Waals surface area contributed by atoms with Gasteiger partial charge in [0, 0.05) is 39.5 Å². The molecule has 1 heterocycles. The second-order valence-electron chi connectivity index (χ2n) is 6.26. The van der Waals surface area contributed by atoms with Gasteiger partial charge in [0.1, 0.15) is 12.0 Å². The standard InChI is InChI=1S/C16H23F2N3O3S/c1-20(2)25(23,24)19-10-14-9-13(17)11-21(14)16(22)8-7-12-5-3-4-6-15(12)18/h3-6,13-14,19H,7-11H2,1-2H3/t13-,14-/m0/s1. The van der Waals surface area contributed by atoms with Gasteiger partial charge in [-0.1, -0.05) is 18.2 Å². The zero-order chi connectivity index (χ0) is 18.6. The SMILES string of the molecule is CN(C)S(=O)(=O)NC[C@@H]1C[C@H](F)CN1C(=O)CCc1ccccc1F. The highest BCUT2D eigenvalue weighted by Gasteiger charge is 2.35. The molecule has 9 heteroatoms. The van der Waals surface area contributed by atoms with Crippen LogP contribution in [0.2, 0.25) is 0 Å². The van der Waals surface area contributed by atoms with E-state index >= 15 is 0 Å². The lowest BCUT2D eigenvalue weighted by Gasteiger charge is -2.25. The fraction of sp³-hybridized carbons (Fsp3) is 0.562. The Labute approximate surface area is 147 Å². The van der Waals surface area contributed by atoms with Crippen molar-refractivity contribution in [2.24, 2.45) is 0 Å². The zero-order valence-electron chi connectivity index (χ0n) is 14.3. The summed E-state index contributed by atoms with van der Waals surface area (Å²) in [6.07, 6.45) is -0.840. The number of amides is 1. The smallest absolute Gasteiger partial charge is 0.279 e. The minimum absolute atomic E-state index is 0.0462. The van der Waals surface area contributed by atoms with Gasteiger partial charge in [-0.25, -0.2) is 13.5 Å². The van der Waals surface area contributed by atoms with Gasteiger partial charge in [-0.2, -0.15) is 12.7 Å². The molecule has 0 bridgehead atoms. The molecule has 0 saturated carbocycles. The maximum absolute atomic E-state index is 13.7. The summed E-state index contributed by atoms with van der Waals surface area (Å²) in [4.78, 5) is 13.7. The van der Waals surface area contributed by atoms with Crippen molar-refractivity contribution in [3.05, 3.63) is 35.6 Å². The Bertz CT molecular complexity index is 712. The van der Waals surface area contributed by atoms with Crippen LogP contribution in [0.1, 0.15) is 18.4 Å². The highest BCUT2D eigenvalue weighted by molar-refractivity contribution is 7.87. The minimum Gasteiger partial charge on any atom is -0.335 e. The summed E-state index contributed by atoms with van der Waals surface area (Å²) in [5.74, 6) is -0.687. The Morgan fingerprint density at radius 3 is 2.68 bits per heavy atom. The van der Waals surface area contributed by atoms with E-state index in [0.29, 0.717) is 5.56 Å². The normalized spacial score (nSPS) is 21.1. The molecule has 0 unspecified atom stereocenters. The molecule has 1 aliphatic rings. The summed E-state index contributed by atoms with van der Waals surface area (Å²) in [5, 5.41) is 0. The molecular formula is C16H23F2N3O3S. The van der Waals surface area contributed by atoms with Crippen molar-refractivity contribution in [2.45, 2.75) is 31.5 Å². The Balaban J connectivity index is 1.96. The zero-order valence-corrected chi connectivity index (χ0v) is 15.1. The van der Waals surface area contributed by atoms with Crippen molar-refractivity contribution in [1.29, 1.82) is 0 Å². The van der Waals surface area contributed by atoms with Crippen LogP contribution in [-0.2, 0) is 21.4 Å². The number of halogens is 2. The van der Waals surface area contributed by atoms with E-state index in [9.17, 15) is 22.0 Å². The largest absolute Gasteiger partial charge is 0.335 e. The van der Waals surface area contributed by atoms with Crippen LogP contribution in [-0.4, -0.2) is 62.9 Å². The second kappa shape index (κ2) is 8.20. The third kappa shape index (κ3) is 5.20. The molecule has 2 rings (SSSR count). The van der Waals surface area contributed by atoms with E-state index in [4.69, 9.17) is 0 Å². The van der Waals surface area contributed by atoms with E-state index in [2.05, 4.69) is 4.72 Å². The number of nitrogens with one attached hydrogen (secondary N) is 1.